The maximum Gasteiger partial charge on any atom is 0.117 e. The topological polar surface area (TPSA) is 43.8 Å². The number of imidazole rings is 1. The van der Waals surface area contributed by atoms with Crippen molar-refractivity contribution in [2.75, 3.05) is 6.54 Å². The zero-order valence-electron chi connectivity index (χ0n) is 10.6. The first-order valence-corrected chi connectivity index (χ1v) is 6.95. The molecule has 1 aliphatic rings. The number of benzene rings is 1. The molecular weight excluding hydrogens is 246 g/mol. The molecule has 1 fully saturated rings. The summed E-state index contributed by atoms with van der Waals surface area (Å²) < 4.78 is 2.24. The summed E-state index contributed by atoms with van der Waals surface area (Å²) in [7, 11) is 0. The van der Waals surface area contributed by atoms with Gasteiger partial charge in [-0.05, 0) is 31.9 Å². The van der Waals surface area contributed by atoms with Crippen molar-refractivity contribution < 1.29 is 0 Å². The highest BCUT2D eigenvalue weighted by atomic mass is 35.5. The number of hydrogen-bond donors (Lipinski definition) is 1. The van der Waals surface area contributed by atoms with Gasteiger partial charge in [-0.2, -0.15) is 0 Å². The van der Waals surface area contributed by atoms with E-state index in [1.165, 1.54) is 6.42 Å². The minimum Gasteiger partial charge on any atom is -0.329 e. The molecule has 1 saturated carbocycles. The molecule has 1 aromatic carbocycles. The zero-order valence-corrected chi connectivity index (χ0v) is 11.4. The van der Waals surface area contributed by atoms with E-state index >= 15 is 0 Å². The first kappa shape index (κ1) is 12.0. The van der Waals surface area contributed by atoms with Crippen molar-refractivity contribution in [1.29, 1.82) is 0 Å². The fourth-order valence-electron chi connectivity index (χ4n) is 2.98. The summed E-state index contributed by atoms with van der Waals surface area (Å²) >= 11 is 6.32. The molecule has 1 aromatic heterocycles. The van der Waals surface area contributed by atoms with Gasteiger partial charge in [0.05, 0.1) is 16.1 Å². The second kappa shape index (κ2) is 4.25. The largest absolute Gasteiger partial charge is 0.329 e. The number of para-hydroxylation sites is 1. The minimum absolute atomic E-state index is 0.0817. The van der Waals surface area contributed by atoms with Gasteiger partial charge in [-0.15, -0.1) is 0 Å². The average molecular weight is 264 g/mol. The lowest BCUT2D eigenvalue weighted by molar-refractivity contribution is 0.231. The van der Waals surface area contributed by atoms with E-state index < -0.39 is 0 Å². The monoisotopic (exact) mass is 263 g/mol. The van der Waals surface area contributed by atoms with Gasteiger partial charge in [0.2, 0.25) is 0 Å². The Morgan fingerprint density at radius 2 is 2.22 bits per heavy atom. The van der Waals surface area contributed by atoms with E-state index in [1.807, 2.05) is 18.2 Å². The predicted octanol–water partition coefficient (Wildman–Crippen LogP) is 3.09. The fourth-order valence-corrected chi connectivity index (χ4v) is 3.25. The molecule has 0 spiro atoms. The van der Waals surface area contributed by atoms with E-state index in [9.17, 15) is 0 Å². The number of aromatic nitrogens is 2. The standard InChI is InChI=1S/C14H18ClN3/c1-2-18-12-10(15)5-3-6-11(12)17-13(18)14(9-16)7-4-8-14/h3,5-6H,2,4,7-9,16H2,1H3. The Balaban J connectivity index is 2.26. The van der Waals surface area contributed by atoms with E-state index in [2.05, 4.69) is 11.5 Å². The van der Waals surface area contributed by atoms with Crippen LogP contribution in [-0.2, 0) is 12.0 Å². The van der Waals surface area contributed by atoms with Crippen LogP contribution in [-0.4, -0.2) is 16.1 Å². The Morgan fingerprint density at radius 3 is 2.78 bits per heavy atom. The molecule has 0 atom stereocenters. The lowest BCUT2D eigenvalue weighted by Crippen LogP contribution is -2.43. The normalized spacial score (nSPS) is 17.9. The lowest BCUT2D eigenvalue weighted by atomic mass is 9.68. The van der Waals surface area contributed by atoms with Gasteiger partial charge >= 0.3 is 0 Å². The van der Waals surface area contributed by atoms with E-state index in [0.717, 1.165) is 41.3 Å². The maximum atomic E-state index is 6.32. The van der Waals surface area contributed by atoms with Gasteiger partial charge in [-0.1, -0.05) is 24.1 Å². The molecule has 3 nitrogen and oxygen atoms in total. The molecule has 0 saturated heterocycles. The van der Waals surface area contributed by atoms with Gasteiger partial charge in [-0.3, -0.25) is 0 Å². The Kier molecular flexibility index (Phi) is 2.83. The molecule has 0 aliphatic heterocycles. The van der Waals surface area contributed by atoms with Crippen LogP contribution in [0.25, 0.3) is 11.0 Å². The smallest absolute Gasteiger partial charge is 0.117 e. The average Bonchev–Trinajstić information content (AvgIpc) is 2.69. The minimum atomic E-state index is 0.0817. The van der Waals surface area contributed by atoms with E-state index in [1.54, 1.807) is 0 Å². The Morgan fingerprint density at radius 1 is 1.44 bits per heavy atom. The van der Waals surface area contributed by atoms with Crippen LogP contribution in [0, 0.1) is 0 Å². The van der Waals surface area contributed by atoms with E-state index in [-0.39, 0.29) is 5.41 Å². The van der Waals surface area contributed by atoms with Crippen LogP contribution in [0.4, 0.5) is 0 Å². The number of rotatable bonds is 3. The Hall–Kier alpha value is -1.06. The number of hydrogen-bond acceptors (Lipinski definition) is 2. The number of aryl methyl sites for hydroxylation is 1. The van der Waals surface area contributed by atoms with Crippen molar-refractivity contribution in [3.63, 3.8) is 0 Å². The van der Waals surface area contributed by atoms with Crippen LogP contribution in [0.1, 0.15) is 32.0 Å². The third-order valence-electron chi connectivity index (χ3n) is 4.21. The molecule has 0 unspecified atom stereocenters. The number of halogens is 1. The molecule has 1 heterocycles. The summed E-state index contributed by atoms with van der Waals surface area (Å²) in [6.07, 6.45) is 3.53. The molecule has 0 radical (unpaired) electrons. The SMILES string of the molecule is CCn1c(C2(CN)CCC2)nc2cccc(Cl)c21. The molecular formula is C14H18ClN3. The summed E-state index contributed by atoms with van der Waals surface area (Å²) in [5.74, 6) is 1.13. The molecule has 3 rings (SSSR count). The van der Waals surface area contributed by atoms with Crippen LogP contribution >= 0.6 is 11.6 Å². The summed E-state index contributed by atoms with van der Waals surface area (Å²) in [6.45, 7) is 3.70. The molecule has 0 amide bonds. The molecule has 4 heteroatoms. The summed E-state index contributed by atoms with van der Waals surface area (Å²) in [4.78, 5) is 4.81. The van der Waals surface area contributed by atoms with Gasteiger partial charge < -0.3 is 10.3 Å². The molecule has 18 heavy (non-hydrogen) atoms. The van der Waals surface area contributed by atoms with Gasteiger partial charge in [0, 0.05) is 18.5 Å². The van der Waals surface area contributed by atoms with Crippen LogP contribution in [0.3, 0.4) is 0 Å². The Bertz CT molecular complexity index is 578. The molecule has 96 valence electrons. The predicted molar refractivity (Wildman–Crippen MR) is 75.0 cm³/mol. The molecule has 1 aliphatic carbocycles. The zero-order chi connectivity index (χ0) is 12.8. The van der Waals surface area contributed by atoms with Crippen molar-refractivity contribution >= 4 is 22.6 Å². The highest BCUT2D eigenvalue weighted by Crippen LogP contribution is 2.43. The number of nitrogens with two attached hydrogens (primary N) is 1. The van der Waals surface area contributed by atoms with Crippen molar-refractivity contribution in [2.45, 2.75) is 38.1 Å². The van der Waals surface area contributed by atoms with Gasteiger partial charge in [0.1, 0.15) is 5.82 Å². The van der Waals surface area contributed by atoms with Gasteiger partial charge in [0.25, 0.3) is 0 Å². The molecule has 2 aromatic rings. The lowest BCUT2D eigenvalue weighted by Gasteiger charge is -2.40. The summed E-state index contributed by atoms with van der Waals surface area (Å²) in [6, 6.07) is 5.91. The van der Waals surface area contributed by atoms with Crippen molar-refractivity contribution in [2.24, 2.45) is 5.73 Å². The van der Waals surface area contributed by atoms with Crippen LogP contribution in [0.15, 0.2) is 18.2 Å². The van der Waals surface area contributed by atoms with Crippen LogP contribution in [0.2, 0.25) is 5.02 Å². The van der Waals surface area contributed by atoms with Crippen molar-refractivity contribution in [3.05, 3.63) is 29.0 Å². The Labute approximate surface area is 112 Å². The third-order valence-corrected chi connectivity index (χ3v) is 4.51. The summed E-state index contributed by atoms with van der Waals surface area (Å²) in [5.41, 5.74) is 8.12. The first-order valence-electron chi connectivity index (χ1n) is 6.57. The molecule has 2 N–H and O–H groups in total. The van der Waals surface area contributed by atoms with Crippen molar-refractivity contribution in [3.8, 4) is 0 Å². The number of nitrogens with zero attached hydrogens (tertiary/aromatic N) is 2. The molecule has 0 bridgehead atoms. The first-order chi connectivity index (χ1) is 8.72. The van der Waals surface area contributed by atoms with Gasteiger partial charge in [0.15, 0.2) is 0 Å². The van der Waals surface area contributed by atoms with E-state index in [0.29, 0.717) is 6.54 Å². The quantitative estimate of drug-likeness (QED) is 0.925. The highest BCUT2D eigenvalue weighted by molar-refractivity contribution is 6.35. The summed E-state index contributed by atoms with van der Waals surface area (Å²) in [5, 5.41) is 0.777. The fraction of sp³-hybridized carbons (Fsp3) is 0.500. The number of fused-ring (bicyclic) bond motifs is 1. The highest BCUT2D eigenvalue weighted by Gasteiger charge is 2.41. The third kappa shape index (κ3) is 1.50. The second-order valence-corrected chi connectivity index (χ2v) is 5.53. The van der Waals surface area contributed by atoms with Crippen molar-refractivity contribution in [1.82, 2.24) is 9.55 Å². The van der Waals surface area contributed by atoms with E-state index in [4.69, 9.17) is 22.3 Å². The van der Waals surface area contributed by atoms with Gasteiger partial charge in [-0.25, -0.2) is 4.98 Å². The second-order valence-electron chi connectivity index (χ2n) is 5.13. The van der Waals surface area contributed by atoms with Crippen LogP contribution < -0.4 is 5.73 Å². The maximum absolute atomic E-state index is 6.32. The van der Waals surface area contributed by atoms with Crippen LogP contribution in [0.5, 0.6) is 0 Å².